The Labute approximate surface area is 145 Å². The summed E-state index contributed by atoms with van der Waals surface area (Å²) in [5, 5.41) is 2.77. The quantitative estimate of drug-likeness (QED) is 0.375. The first-order chi connectivity index (χ1) is 9.61. The van der Waals surface area contributed by atoms with Crippen molar-refractivity contribution in [3.63, 3.8) is 0 Å². The zero-order valence-electron chi connectivity index (χ0n) is 12.5. The van der Waals surface area contributed by atoms with Crippen LogP contribution in [-0.2, 0) is 5.41 Å². The fourth-order valence-corrected chi connectivity index (χ4v) is 4.88. The smallest absolute Gasteiger partial charge is 0.0406 e. The zero-order valence-corrected chi connectivity index (χ0v) is 16.4. The Balaban J connectivity index is 2.92. The van der Waals surface area contributed by atoms with Gasteiger partial charge in [-0.15, -0.1) is 0 Å². The van der Waals surface area contributed by atoms with E-state index in [1.165, 1.54) is 37.7 Å². The van der Waals surface area contributed by atoms with E-state index in [9.17, 15) is 0 Å². The molecule has 0 aliphatic heterocycles. The normalized spacial score (nSPS) is 13.4. The van der Waals surface area contributed by atoms with Crippen LogP contribution in [0.2, 0.25) is 5.02 Å². The van der Waals surface area contributed by atoms with Gasteiger partial charge in [-0.3, -0.25) is 0 Å². The molecule has 1 aromatic carbocycles. The summed E-state index contributed by atoms with van der Waals surface area (Å²) in [6, 6.07) is 8.36. The minimum atomic E-state index is 0.166. The maximum absolute atomic E-state index is 6.03. The lowest BCUT2D eigenvalue weighted by atomic mass is 9.75. The average molecular weight is 425 g/mol. The van der Waals surface area contributed by atoms with Crippen LogP contribution in [0.15, 0.2) is 24.3 Å². The standard InChI is InChI=1S/C17H25Br2Cl/c1-3-5-6-14(4-2)11-17(12-18,13-19)15-7-9-16(20)10-8-15/h7-10,14H,3-6,11-13H2,1-2H3. The molecule has 0 aromatic heterocycles. The zero-order chi connectivity index (χ0) is 15.0. The Morgan fingerprint density at radius 2 is 1.70 bits per heavy atom. The van der Waals surface area contributed by atoms with E-state index >= 15 is 0 Å². The maximum Gasteiger partial charge on any atom is 0.0406 e. The Morgan fingerprint density at radius 1 is 1.10 bits per heavy atom. The van der Waals surface area contributed by atoms with Crippen LogP contribution in [0.25, 0.3) is 0 Å². The monoisotopic (exact) mass is 422 g/mol. The number of alkyl halides is 2. The van der Waals surface area contributed by atoms with E-state index in [0.29, 0.717) is 0 Å². The second-order valence-electron chi connectivity index (χ2n) is 5.68. The summed E-state index contributed by atoms with van der Waals surface area (Å²) >= 11 is 13.5. The minimum Gasteiger partial charge on any atom is -0.0918 e. The Hall–Kier alpha value is 0.470. The molecular weight excluding hydrogens is 399 g/mol. The van der Waals surface area contributed by atoms with Gasteiger partial charge in [-0.25, -0.2) is 0 Å². The van der Waals surface area contributed by atoms with Gasteiger partial charge < -0.3 is 0 Å². The molecule has 0 saturated heterocycles. The van der Waals surface area contributed by atoms with Gasteiger partial charge in [0.2, 0.25) is 0 Å². The summed E-state index contributed by atoms with van der Waals surface area (Å²) in [7, 11) is 0. The van der Waals surface area contributed by atoms with Crippen LogP contribution in [0.5, 0.6) is 0 Å². The molecule has 0 amide bonds. The summed E-state index contributed by atoms with van der Waals surface area (Å²) < 4.78 is 0. The molecule has 3 heteroatoms. The Bertz CT molecular complexity index is 371. The summed E-state index contributed by atoms with van der Waals surface area (Å²) in [6.07, 6.45) is 6.44. The van der Waals surface area contributed by atoms with E-state index in [2.05, 4.69) is 57.8 Å². The number of halogens is 3. The van der Waals surface area contributed by atoms with E-state index in [-0.39, 0.29) is 5.41 Å². The minimum absolute atomic E-state index is 0.166. The highest BCUT2D eigenvalue weighted by molar-refractivity contribution is 9.09. The van der Waals surface area contributed by atoms with Crippen LogP contribution in [-0.4, -0.2) is 10.7 Å². The lowest BCUT2D eigenvalue weighted by Gasteiger charge is -2.34. The number of unbranched alkanes of at least 4 members (excludes halogenated alkanes) is 1. The van der Waals surface area contributed by atoms with Gasteiger partial charge in [-0.1, -0.05) is 95.1 Å². The van der Waals surface area contributed by atoms with E-state index in [1.807, 2.05) is 12.1 Å². The Morgan fingerprint density at radius 3 is 2.15 bits per heavy atom. The summed E-state index contributed by atoms with van der Waals surface area (Å²) in [6.45, 7) is 4.59. The molecule has 1 rings (SSSR count). The number of benzene rings is 1. The van der Waals surface area contributed by atoms with Gasteiger partial charge >= 0.3 is 0 Å². The lowest BCUT2D eigenvalue weighted by Crippen LogP contribution is -2.33. The second-order valence-corrected chi connectivity index (χ2v) is 7.23. The van der Waals surface area contributed by atoms with Gasteiger partial charge in [-0.2, -0.15) is 0 Å². The molecule has 0 bridgehead atoms. The first-order valence-corrected chi connectivity index (χ1v) is 10.1. The molecule has 1 atom stereocenters. The molecular formula is C17H25Br2Cl. The Kier molecular flexibility index (Phi) is 8.78. The highest BCUT2D eigenvalue weighted by atomic mass is 79.9. The first-order valence-electron chi connectivity index (χ1n) is 7.49. The van der Waals surface area contributed by atoms with Crippen molar-refractivity contribution >= 4 is 43.5 Å². The molecule has 114 valence electrons. The van der Waals surface area contributed by atoms with Gasteiger partial charge in [0.1, 0.15) is 0 Å². The topological polar surface area (TPSA) is 0 Å². The van der Waals surface area contributed by atoms with Crippen LogP contribution in [0.1, 0.15) is 51.5 Å². The molecule has 0 aliphatic carbocycles. The van der Waals surface area contributed by atoms with E-state index in [4.69, 9.17) is 11.6 Å². The first kappa shape index (κ1) is 18.5. The van der Waals surface area contributed by atoms with Gasteiger partial charge in [0.15, 0.2) is 0 Å². The molecule has 0 spiro atoms. The fourth-order valence-electron chi connectivity index (χ4n) is 2.72. The van der Waals surface area contributed by atoms with Crippen LogP contribution in [0.3, 0.4) is 0 Å². The van der Waals surface area contributed by atoms with Gasteiger partial charge in [-0.05, 0) is 30.0 Å². The molecule has 0 heterocycles. The third kappa shape index (κ3) is 5.03. The van der Waals surface area contributed by atoms with E-state index in [0.717, 1.165) is 21.6 Å². The van der Waals surface area contributed by atoms with Crippen molar-refractivity contribution in [1.29, 1.82) is 0 Å². The van der Waals surface area contributed by atoms with Crippen molar-refractivity contribution in [2.75, 3.05) is 10.7 Å². The SMILES string of the molecule is CCCCC(CC)CC(CBr)(CBr)c1ccc(Cl)cc1. The average Bonchev–Trinajstić information content (AvgIpc) is 2.49. The molecule has 0 fully saturated rings. The molecule has 0 saturated carbocycles. The number of hydrogen-bond donors (Lipinski definition) is 0. The molecule has 0 radical (unpaired) electrons. The summed E-state index contributed by atoms with van der Waals surface area (Å²) in [4.78, 5) is 0. The van der Waals surface area contributed by atoms with Gasteiger partial charge in [0.05, 0.1) is 0 Å². The molecule has 0 nitrogen and oxygen atoms in total. The number of rotatable bonds is 9. The third-order valence-corrected chi connectivity index (χ3v) is 6.59. The van der Waals surface area contributed by atoms with Crippen LogP contribution in [0.4, 0.5) is 0 Å². The molecule has 1 aromatic rings. The molecule has 20 heavy (non-hydrogen) atoms. The van der Waals surface area contributed by atoms with Crippen LogP contribution in [0, 0.1) is 5.92 Å². The largest absolute Gasteiger partial charge is 0.0918 e. The molecule has 1 unspecified atom stereocenters. The van der Waals surface area contributed by atoms with E-state index in [1.54, 1.807) is 0 Å². The maximum atomic E-state index is 6.03. The van der Waals surface area contributed by atoms with Crippen LogP contribution >= 0.6 is 43.5 Å². The van der Waals surface area contributed by atoms with Gasteiger partial charge in [0, 0.05) is 21.1 Å². The van der Waals surface area contributed by atoms with Crippen LogP contribution < -0.4 is 0 Å². The van der Waals surface area contributed by atoms with Crippen molar-refractivity contribution in [3.8, 4) is 0 Å². The van der Waals surface area contributed by atoms with E-state index < -0.39 is 0 Å². The van der Waals surface area contributed by atoms with Crippen molar-refractivity contribution < 1.29 is 0 Å². The highest BCUT2D eigenvalue weighted by Gasteiger charge is 2.32. The lowest BCUT2D eigenvalue weighted by molar-refractivity contribution is 0.338. The highest BCUT2D eigenvalue weighted by Crippen LogP contribution is 2.38. The predicted octanol–water partition coefficient (Wildman–Crippen LogP) is 6.97. The van der Waals surface area contributed by atoms with Gasteiger partial charge in [0.25, 0.3) is 0 Å². The fraction of sp³-hybridized carbons (Fsp3) is 0.647. The third-order valence-electron chi connectivity index (χ3n) is 4.19. The number of hydrogen-bond acceptors (Lipinski definition) is 0. The van der Waals surface area contributed by atoms with Crippen molar-refractivity contribution in [1.82, 2.24) is 0 Å². The van der Waals surface area contributed by atoms with Crippen molar-refractivity contribution in [2.45, 2.75) is 51.4 Å². The summed E-state index contributed by atoms with van der Waals surface area (Å²) in [5.41, 5.74) is 1.55. The predicted molar refractivity (Wildman–Crippen MR) is 98.6 cm³/mol. The summed E-state index contributed by atoms with van der Waals surface area (Å²) in [5.74, 6) is 0.792. The second kappa shape index (κ2) is 9.48. The van der Waals surface area contributed by atoms with Crippen molar-refractivity contribution in [2.24, 2.45) is 5.92 Å². The van der Waals surface area contributed by atoms with Crippen molar-refractivity contribution in [3.05, 3.63) is 34.9 Å². The molecule has 0 N–H and O–H groups in total. The molecule has 0 aliphatic rings.